The van der Waals surface area contributed by atoms with Crippen molar-refractivity contribution in [2.45, 2.75) is 19.9 Å². The van der Waals surface area contributed by atoms with E-state index in [-0.39, 0.29) is 0 Å². The van der Waals surface area contributed by atoms with Crippen molar-refractivity contribution in [3.8, 4) is 5.95 Å². The maximum absolute atomic E-state index is 9.74. The highest BCUT2D eigenvalue weighted by molar-refractivity contribution is 6.61. The Bertz CT molecular complexity index is 1220. The average Bonchev–Trinajstić information content (AvgIpc) is 3.35. The summed E-state index contributed by atoms with van der Waals surface area (Å²) in [5.41, 5.74) is 5.36. The average molecular weight is 399 g/mol. The minimum atomic E-state index is -1.53. The van der Waals surface area contributed by atoms with Crippen molar-refractivity contribution < 1.29 is 10.0 Å². The van der Waals surface area contributed by atoms with Gasteiger partial charge in [0.1, 0.15) is 0 Å². The van der Waals surface area contributed by atoms with Gasteiger partial charge in [-0.15, -0.1) is 0 Å². The van der Waals surface area contributed by atoms with E-state index >= 15 is 0 Å². The molecule has 2 aromatic carbocycles. The smallest absolute Gasteiger partial charge is 0.423 e. The molecule has 0 saturated carbocycles. The maximum atomic E-state index is 9.74. The molecule has 4 N–H and O–H groups in total. The van der Waals surface area contributed by atoms with E-state index in [0.29, 0.717) is 18.0 Å². The third-order valence-corrected chi connectivity index (χ3v) is 5.48. The van der Waals surface area contributed by atoms with Gasteiger partial charge in [-0.25, -0.2) is 4.98 Å². The molecule has 0 atom stereocenters. The highest BCUT2D eigenvalue weighted by Gasteiger charge is 2.23. The van der Waals surface area contributed by atoms with Gasteiger partial charge in [-0.05, 0) is 30.1 Å². The van der Waals surface area contributed by atoms with Crippen LogP contribution < -0.4 is 16.1 Å². The molecule has 150 valence electrons. The molecule has 7 nitrogen and oxygen atoms in total. The molecule has 0 fully saturated rings. The molecule has 4 aromatic rings. The van der Waals surface area contributed by atoms with E-state index in [4.69, 9.17) is 9.97 Å². The van der Waals surface area contributed by atoms with Crippen molar-refractivity contribution in [1.29, 1.82) is 0 Å². The Morgan fingerprint density at radius 3 is 2.73 bits per heavy atom. The van der Waals surface area contributed by atoms with Gasteiger partial charge in [0.25, 0.3) is 0 Å². The van der Waals surface area contributed by atoms with Crippen molar-refractivity contribution >= 4 is 35.0 Å². The molecule has 30 heavy (non-hydrogen) atoms. The van der Waals surface area contributed by atoms with Crippen molar-refractivity contribution in [1.82, 2.24) is 14.5 Å². The van der Waals surface area contributed by atoms with Gasteiger partial charge < -0.3 is 20.7 Å². The first-order valence-electron chi connectivity index (χ1n) is 10.0. The summed E-state index contributed by atoms with van der Waals surface area (Å²) in [6, 6.07) is 17.6. The predicted molar refractivity (Wildman–Crippen MR) is 119 cm³/mol. The van der Waals surface area contributed by atoms with Gasteiger partial charge in [-0.3, -0.25) is 4.57 Å². The number of hydrogen-bond donors (Lipinski definition) is 4. The molecule has 3 heterocycles. The lowest BCUT2D eigenvalue weighted by Gasteiger charge is -2.14. The Hall–Kier alpha value is -3.36. The predicted octanol–water partition coefficient (Wildman–Crippen LogP) is 1.99. The van der Waals surface area contributed by atoms with E-state index in [1.54, 1.807) is 6.07 Å². The molecule has 8 heteroatoms. The van der Waals surface area contributed by atoms with Crippen molar-refractivity contribution in [2.75, 3.05) is 17.2 Å². The van der Waals surface area contributed by atoms with E-state index in [1.165, 1.54) is 5.56 Å². The number of hydrogen-bond acceptors (Lipinski definition) is 6. The van der Waals surface area contributed by atoms with Crippen LogP contribution in [0.4, 0.5) is 11.5 Å². The van der Waals surface area contributed by atoms with Gasteiger partial charge in [-0.2, -0.15) is 4.98 Å². The van der Waals surface area contributed by atoms with Crippen LogP contribution in [-0.4, -0.2) is 38.2 Å². The number of aryl methyl sites for hydroxylation is 1. The van der Waals surface area contributed by atoms with Crippen LogP contribution in [0.25, 0.3) is 16.9 Å². The molecule has 0 bridgehead atoms. The summed E-state index contributed by atoms with van der Waals surface area (Å²) in [6.07, 6.45) is 0.837. The lowest BCUT2D eigenvalue weighted by Crippen LogP contribution is -2.30. The number of rotatable bonds is 5. The quantitative estimate of drug-likeness (QED) is 0.384. The van der Waals surface area contributed by atoms with E-state index in [0.717, 1.165) is 46.8 Å². The standard InChI is InChI=1S/C22H22BN5O2/c1-14-12-16-17(23(29)30)8-5-9-19(16)28(14)22-26-18-10-11-24-20(18)21(27-22)25-13-15-6-3-2-4-7-15/h2-9,12,24,29-30H,10-11,13H2,1H3,(H,25,26,27). The third kappa shape index (κ3) is 3.20. The molecule has 1 aliphatic rings. The van der Waals surface area contributed by atoms with Gasteiger partial charge >= 0.3 is 7.12 Å². The number of nitrogens with zero attached hydrogens (tertiary/aromatic N) is 3. The molecule has 0 aliphatic carbocycles. The van der Waals surface area contributed by atoms with Gasteiger partial charge in [0.05, 0.1) is 16.9 Å². The fraction of sp³-hybridized carbons (Fsp3) is 0.182. The van der Waals surface area contributed by atoms with E-state index in [9.17, 15) is 10.0 Å². The number of benzene rings is 2. The highest BCUT2D eigenvalue weighted by Crippen LogP contribution is 2.31. The zero-order valence-corrected chi connectivity index (χ0v) is 16.6. The first-order chi connectivity index (χ1) is 14.6. The van der Waals surface area contributed by atoms with Gasteiger partial charge in [0.2, 0.25) is 5.95 Å². The fourth-order valence-electron chi connectivity index (χ4n) is 4.05. The monoisotopic (exact) mass is 399 g/mol. The minimum Gasteiger partial charge on any atom is -0.423 e. The second-order valence-corrected chi connectivity index (χ2v) is 7.48. The van der Waals surface area contributed by atoms with E-state index in [1.807, 2.05) is 47.9 Å². The Balaban J connectivity index is 1.60. The summed E-state index contributed by atoms with van der Waals surface area (Å²) >= 11 is 0. The van der Waals surface area contributed by atoms with E-state index in [2.05, 4.69) is 22.8 Å². The van der Waals surface area contributed by atoms with Crippen molar-refractivity contribution in [3.05, 3.63) is 71.5 Å². The van der Waals surface area contributed by atoms with Crippen molar-refractivity contribution in [3.63, 3.8) is 0 Å². The second-order valence-electron chi connectivity index (χ2n) is 7.48. The first kappa shape index (κ1) is 18.7. The second kappa shape index (κ2) is 7.48. The number of nitrogens with one attached hydrogen (secondary N) is 2. The lowest BCUT2D eigenvalue weighted by molar-refractivity contribution is 0.426. The van der Waals surface area contributed by atoms with Crippen LogP contribution in [-0.2, 0) is 13.0 Å². The molecular weight excluding hydrogens is 377 g/mol. The highest BCUT2D eigenvalue weighted by atomic mass is 16.4. The SMILES string of the molecule is Cc1cc2c(B(O)O)cccc2n1-c1nc2c(c(NCc3ccccc3)n1)NCC2. The summed E-state index contributed by atoms with van der Waals surface area (Å²) in [5.74, 6) is 1.35. The number of aromatic nitrogens is 3. The fourth-order valence-corrected chi connectivity index (χ4v) is 4.05. The first-order valence-corrected chi connectivity index (χ1v) is 10.0. The lowest BCUT2D eigenvalue weighted by atomic mass is 9.78. The summed E-state index contributed by atoms with van der Waals surface area (Å²) in [7, 11) is -1.53. The topological polar surface area (TPSA) is 95.2 Å². The number of anilines is 2. The largest absolute Gasteiger partial charge is 0.489 e. The van der Waals surface area contributed by atoms with E-state index < -0.39 is 7.12 Å². The number of fused-ring (bicyclic) bond motifs is 2. The van der Waals surface area contributed by atoms with Crippen LogP contribution in [0, 0.1) is 6.92 Å². The Morgan fingerprint density at radius 1 is 1.10 bits per heavy atom. The van der Waals surface area contributed by atoms with Crippen LogP contribution in [0.1, 0.15) is 17.0 Å². The van der Waals surface area contributed by atoms with Gasteiger partial charge in [-0.1, -0.05) is 42.5 Å². The summed E-state index contributed by atoms with van der Waals surface area (Å²) in [4.78, 5) is 9.66. The normalized spacial score (nSPS) is 12.6. The molecule has 1 aliphatic heterocycles. The molecule has 2 aromatic heterocycles. The van der Waals surface area contributed by atoms with Crippen LogP contribution in [0.3, 0.4) is 0 Å². The van der Waals surface area contributed by atoms with Crippen LogP contribution in [0.2, 0.25) is 0 Å². The Kier molecular flexibility index (Phi) is 4.65. The molecule has 5 rings (SSSR count). The zero-order valence-electron chi connectivity index (χ0n) is 16.6. The van der Waals surface area contributed by atoms with Gasteiger partial charge in [0.15, 0.2) is 5.82 Å². The van der Waals surface area contributed by atoms with Crippen LogP contribution >= 0.6 is 0 Å². The molecule has 0 unspecified atom stereocenters. The van der Waals surface area contributed by atoms with Crippen molar-refractivity contribution in [2.24, 2.45) is 0 Å². The molecule has 0 spiro atoms. The Labute approximate surface area is 174 Å². The molecule has 0 saturated heterocycles. The summed E-state index contributed by atoms with van der Waals surface area (Å²) < 4.78 is 1.97. The summed E-state index contributed by atoms with van der Waals surface area (Å²) in [5, 5.41) is 27.1. The van der Waals surface area contributed by atoms with Crippen LogP contribution in [0.5, 0.6) is 0 Å². The molecule has 0 amide bonds. The minimum absolute atomic E-state index is 0.472. The van der Waals surface area contributed by atoms with Gasteiger partial charge in [0, 0.05) is 30.6 Å². The molecular formula is C22H22BN5O2. The summed E-state index contributed by atoms with van der Waals surface area (Å²) in [6.45, 7) is 3.47. The maximum Gasteiger partial charge on any atom is 0.489 e. The molecule has 0 radical (unpaired) electrons. The Morgan fingerprint density at radius 2 is 1.93 bits per heavy atom. The zero-order chi connectivity index (χ0) is 20.7. The van der Waals surface area contributed by atoms with Crippen LogP contribution in [0.15, 0.2) is 54.6 Å². The third-order valence-electron chi connectivity index (χ3n) is 5.48.